The monoisotopic (exact) mass is 413 g/mol. The van der Waals surface area contributed by atoms with Crippen molar-refractivity contribution in [2.24, 2.45) is 0 Å². The third kappa shape index (κ3) is 3.86. The van der Waals surface area contributed by atoms with Crippen molar-refractivity contribution in [1.82, 2.24) is 9.80 Å². The predicted octanol–water partition coefficient (Wildman–Crippen LogP) is 2.77. The summed E-state index contributed by atoms with van der Waals surface area (Å²) in [6, 6.07) is 10.3. The molecule has 1 N–H and O–H groups in total. The van der Waals surface area contributed by atoms with Gasteiger partial charge >= 0.3 is 0 Å². The van der Waals surface area contributed by atoms with E-state index in [-0.39, 0.29) is 16.9 Å². The van der Waals surface area contributed by atoms with Gasteiger partial charge in [-0.2, -0.15) is 0 Å². The molecule has 0 spiro atoms. The number of amides is 1. The first-order chi connectivity index (χ1) is 14.5. The standard InChI is InChI=1S/C21H24FN5O3/c1-2-24-9-11-25(12-10-24)14-20-23-18-8-7-15(27(29)30)13-16(18)21(28)26(20)19-6-4-3-5-17(19)22/h3-8,13,20,23H,2,9-12,14H2,1H3. The zero-order chi connectivity index (χ0) is 21.3. The van der Waals surface area contributed by atoms with Crippen molar-refractivity contribution in [3.63, 3.8) is 0 Å². The van der Waals surface area contributed by atoms with Gasteiger partial charge in [0.2, 0.25) is 0 Å². The number of fused-ring (bicyclic) bond motifs is 1. The Bertz CT molecular complexity index is 961. The van der Waals surface area contributed by atoms with Gasteiger partial charge in [-0.1, -0.05) is 19.1 Å². The van der Waals surface area contributed by atoms with Crippen molar-refractivity contribution >= 4 is 23.0 Å². The second-order valence-corrected chi connectivity index (χ2v) is 7.51. The molecule has 1 amide bonds. The largest absolute Gasteiger partial charge is 0.363 e. The lowest BCUT2D eigenvalue weighted by Crippen LogP contribution is -2.57. The van der Waals surface area contributed by atoms with Crippen LogP contribution in [0.25, 0.3) is 0 Å². The number of nitrogens with one attached hydrogen (secondary N) is 1. The molecule has 0 bridgehead atoms. The fourth-order valence-electron chi connectivity index (χ4n) is 4.05. The van der Waals surface area contributed by atoms with E-state index >= 15 is 0 Å². The molecule has 0 aliphatic carbocycles. The molecule has 30 heavy (non-hydrogen) atoms. The third-order valence-electron chi connectivity index (χ3n) is 5.75. The number of nitro groups is 1. The maximum Gasteiger partial charge on any atom is 0.270 e. The molecule has 9 heteroatoms. The number of benzene rings is 2. The summed E-state index contributed by atoms with van der Waals surface area (Å²) in [4.78, 5) is 30.0. The van der Waals surface area contributed by atoms with Gasteiger partial charge in [-0.25, -0.2) is 4.39 Å². The number of anilines is 2. The van der Waals surface area contributed by atoms with E-state index in [2.05, 4.69) is 22.0 Å². The van der Waals surface area contributed by atoms with Gasteiger partial charge in [0.05, 0.1) is 16.2 Å². The van der Waals surface area contributed by atoms with E-state index in [1.807, 2.05) is 0 Å². The highest BCUT2D eigenvalue weighted by atomic mass is 19.1. The minimum atomic E-state index is -0.541. The first-order valence-electron chi connectivity index (χ1n) is 10.1. The number of non-ortho nitro benzene ring substituents is 1. The number of likely N-dealkylation sites (N-methyl/N-ethyl adjacent to an activating group) is 1. The number of nitrogens with zero attached hydrogens (tertiary/aromatic N) is 4. The number of hydrogen-bond donors (Lipinski definition) is 1. The van der Waals surface area contributed by atoms with Gasteiger partial charge in [-0.3, -0.25) is 24.7 Å². The highest BCUT2D eigenvalue weighted by molar-refractivity contribution is 6.12. The Balaban J connectivity index is 1.67. The molecule has 2 heterocycles. The number of rotatable bonds is 5. The molecule has 0 saturated carbocycles. The Morgan fingerprint density at radius 3 is 2.50 bits per heavy atom. The first kappa shape index (κ1) is 20.2. The molecule has 8 nitrogen and oxygen atoms in total. The molecule has 1 unspecified atom stereocenters. The van der Waals surface area contributed by atoms with Crippen molar-refractivity contribution in [2.75, 3.05) is 49.5 Å². The Kier molecular flexibility index (Phi) is 5.65. The molecule has 2 aromatic carbocycles. The second-order valence-electron chi connectivity index (χ2n) is 7.51. The minimum Gasteiger partial charge on any atom is -0.363 e. The van der Waals surface area contributed by atoms with Crippen LogP contribution in [0, 0.1) is 15.9 Å². The van der Waals surface area contributed by atoms with Crippen LogP contribution in [0.4, 0.5) is 21.5 Å². The van der Waals surface area contributed by atoms with Crippen molar-refractivity contribution < 1.29 is 14.1 Å². The number of halogens is 1. The van der Waals surface area contributed by atoms with Crippen LogP contribution in [0.1, 0.15) is 17.3 Å². The van der Waals surface area contributed by atoms with Gasteiger partial charge in [0, 0.05) is 50.5 Å². The van der Waals surface area contributed by atoms with Crippen LogP contribution >= 0.6 is 0 Å². The van der Waals surface area contributed by atoms with E-state index in [1.165, 1.54) is 23.1 Å². The molecular weight excluding hydrogens is 389 g/mol. The fourth-order valence-corrected chi connectivity index (χ4v) is 4.05. The zero-order valence-corrected chi connectivity index (χ0v) is 16.8. The van der Waals surface area contributed by atoms with Gasteiger partial charge in [0.25, 0.3) is 11.6 Å². The highest BCUT2D eigenvalue weighted by Crippen LogP contribution is 2.33. The lowest BCUT2D eigenvalue weighted by atomic mass is 10.0. The van der Waals surface area contributed by atoms with Crippen molar-refractivity contribution in [2.45, 2.75) is 13.1 Å². The summed E-state index contributed by atoms with van der Waals surface area (Å²) in [5.74, 6) is -0.961. The Morgan fingerprint density at radius 2 is 1.83 bits per heavy atom. The van der Waals surface area contributed by atoms with Gasteiger partial charge in [-0.05, 0) is 24.7 Å². The van der Waals surface area contributed by atoms with Crippen LogP contribution in [0.15, 0.2) is 42.5 Å². The van der Waals surface area contributed by atoms with Gasteiger partial charge in [-0.15, -0.1) is 0 Å². The van der Waals surface area contributed by atoms with E-state index in [0.717, 1.165) is 32.7 Å². The quantitative estimate of drug-likeness (QED) is 0.600. The number of carbonyl (C=O) groups excluding carboxylic acids is 1. The predicted molar refractivity (Wildman–Crippen MR) is 112 cm³/mol. The summed E-state index contributed by atoms with van der Waals surface area (Å²) in [6.07, 6.45) is -0.489. The summed E-state index contributed by atoms with van der Waals surface area (Å²) >= 11 is 0. The second kappa shape index (κ2) is 8.37. The number of piperazine rings is 1. The summed E-state index contributed by atoms with van der Waals surface area (Å²) < 4.78 is 14.6. The Labute approximate surface area is 174 Å². The maximum atomic E-state index is 14.6. The number of para-hydroxylation sites is 1. The average molecular weight is 413 g/mol. The molecule has 2 aliphatic heterocycles. The topological polar surface area (TPSA) is 82.0 Å². The van der Waals surface area contributed by atoms with Gasteiger partial charge in [0.15, 0.2) is 0 Å². The van der Waals surface area contributed by atoms with Gasteiger partial charge in [0.1, 0.15) is 12.0 Å². The molecular formula is C21H24FN5O3. The number of nitro benzene ring substituents is 1. The highest BCUT2D eigenvalue weighted by Gasteiger charge is 2.36. The van der Waals surface area contributed by atoms with Crippen LogP contribution in [-0.2, 0) is 0 Å². The maximum absolute atomic E-state index is 14.6. The van der Waals surface area contributed by atoms with Crippen LogP contribution in [0.2, 0.25) is 0 Å². The van der Waals surface area contributed by atoms with Crippen molar-refractivity contribution in [3.8, 4) is 0 Å². The number of hydrogen-bond acceptors (Lipinski definition) is 6. The zero-order valence-electron chi connectivity index (χ0n) is 16.8. The lowest BCUT2D eigenvalue weighted by Gasteiger charge is -2.42. The minimum absolute atomic E-state index is 0.157. The summed E-state index contributed by atoms with van der Waals surface area (Å²) in [5, 5.41) is 14.5. The van der Waals surface area contributed by atoms with Crippen LogP contribution < -0.4 is 10.2 Å². The summed E-state index contributed by atoms with van der Waals surface area (Å²) in [5.41, 5.74) is 0.672. The normalized spacial score (nSPS) is 20.0. The SMILES string of the molecule is CCN1CCN(CC2Nc3ccc([N+](=O)[O-])cc3C(=O)N2c2ccccc2F)CC1. The summed E-state index contributed by atoms with van der Waals surface area (Å²) in [7, 11) is 0. The van der Waals surface area contributed by atoms with Gasteiger partial charge < -0.3 is 10.2 Å². The van der Waals surface area contributed by atoms with E-state index in [0.29, 0.717) is 12.2 Å². The molecule has 1 saturated heterocycles. The van der Waals surface area contributed by atoms with E-state index in [9.17, 15) is 19.3 Å². The molecule has 0 radical (unpaired) electrons. The molecule has 1 fully saturated rings. The van der Waals surface area contributed by atoms with Crippen LogP contribution in [-0.4, -0.2) is 66.1 Å². The third-order valence-corrected chi connectivity index (χ3v) is 5.75. The molecule has 1 atom stereocenters. The molecule has 158 valence electrons. The smallest absolute Gasteiger partial charge is 0.270 e. The average Bonchev–Trinajstić information content (AvgIpc) is 2.75. The van der Waals surface area contributed by atoms with Crippen molar-refractivity contribution in [3.05, 3.63) is 64.0 Å². The van der Waals surface area contributed by atoms with Crippen LogP contribution in [0.3, 0.4) is 0 Å². The van der Waals surface area contributed by atoms with E-state index < -0.39 is 22.8 Å². The Hall–Kier alpha value is -3.04. The fraction of sp³-hybridized carbons (Fsp3) is 0.381. The van der Waals surface area contributed by atoms with Crippen molar-refractivity contribution in [1.29, 1.82) is 0 Å². The Morgan fingerprint density at radius 1 is 1.13 bits per heavy atom. The first-order valence-corrected chi connectivity index (χ1v) is 10.1. The van der Waals surface area contributed by atoms with Crippen LogP contribution in [0.5, 0.6) is 0 Å². The molecule has 2 aliphatic rings. The van der Waals surface area contributed by atoms with E-state index in [1.54, 1.807) is 24.3 Å². The number of carbonyl (C=O) groups is 1. The van der Waals surface area contributed by atoms with E-state index in [4.69, 9.17) is 0 Å². The lowest BCUT2D eigenvalue weighted by molar-refractivity contribution is -0.384. The summed E-state index contributed by atoms with van der Waals surface area (Å²) in [6.45, 7) is 7.26. The molecule has 2 aromatic rings. The molecule has 0 aromatic heterocycles. The molecule has 4 rings (SSSR count).